The second kappa shape index (κ2) is 5.96. The number of phenols is 1. The molecule has 0 spiro atoms. The van der Waals surface area contributed by atoms with E-state index in [2.05, 4.69) is 21.2 Å². The monoisotopic (exact) mass is 335 g/mol. The van der Waals surface area contributed by atoms with Crippen LogP contribution in [0, 0.1) is 6.92 Å². The van der Waals surface area contributed by atoms with Gasteiger partial charge in [0.05, 0.1) is 12.7 Å². The summed E-state index contributed by atoms with van der Waals surface area (Å²) >= 11 is 3.33. The Kier molecular flexibility index (Phi) is 4.29. The minimum absolute atomic E-state index is 0.144. The maximum Gasteiger partial charge on any atom is 0.259 e. The van der Waals surface area contributed by atoms with Gasteiger partial charge in [0.1, 0.15) is 11.5 Å². The van der Waals surface area contributed by atoms with Crippen LogP contribution in [0.15, 0.2) is 40.9 Å². The molecule has 0 unspecified atom stereocenters. The van der Waals surface area contributed by atoms with Gasteiger partial charge in [0.15, 0.2) is 0 Å². The van der Waals surface area contributed by atoms with Crippen LogP contribution in [0.2, 0.25) is 0 Å². The number of methoxy groups -OCH3 is 1. The Morgan fingerprint density at radius 2 is 2.00 bits per heavy atom. The van der Waals surface area contributed by atoms with Crippen molar-refractivity contribution >= 4 is 27.5 Å². The van der Waals surface area contributed by atoms with E-state index in [0.29, 0.717) is 17.0 Å². The summed E-state index contributed by atoms with van der Waals surface area (Å²) in [6.07, 6.45) is 0. The normalized spacial score (nSPS) is 10.2. The molecule has 0 heterocycles. The molecule has 2 aromatic rings. The minimum Gasteiger partial charge on any atom is -0.508 e. The number of aryl methyl sites for hydroxylation is 1. The third kappa shape index (κ3) is 3.11. The van der Waals surface area contributed by atoms with E-state index in [1.54, 1.807) is 37.3 Å². The van der Waals surface area contributed by atoms with E-state index in [0.717, 1.165) is 10.0 Å². The molecule has 20 heavy (non-hydrogen) atoms. The number of aromatic hydroxyl groups is 1. The van der Waals surface area contributed by atoms with Crippen molar-refractivity contribution in [3.05, 3.63) is 52.0 Å². The third-order valence-corrected chi connectivity index (χ3v) is 3.37. The molecule has 2 rings (SSSR count). The molecule has 0 radical (unpaired) electrons. The highest BCUT2D eigenvalue weighted by Crippen LogP contribution is 2.26. The summed E-state index contributed by atoms with van der Waals surface area (Å²) in [7, 11) is 1.51. The number of rotatable bonds is 3. The average molecular weight is 336 g/mol. The van der Waals surface area contributed by atoms with Gasteiger partial charge in [0.25, 0.3) is 5.91 Å². The van der Waals surface area contributed by atoms with Crippen molar-refractivity contribution in [2.24, 2.45) is 0 Å². The van der Waals surface area contributed by atoms with Crippen molar-refractivity contribution in [1.82, 2.24) is 0 Å². The molecule has 0 aliphatic carbocycles. The van der Waals surface area contributed by atoms with Crippen LogP contribution in [-0.4, -0.2) is 18.1 Å². The van der Waals surface area contributed by atoms with E-state index >= 15 is 0 Å². The number of carbonyl (C=O) groups is 1. The van der Waals surface area contributed by atoms with Gasteiger partial charge in [-0.25, -0.2) is 0 Å². The lowest BCUT2D eigenvalue weighted by Gasteiger charge is -2.10. The van der Waals surface area contributed by atoms with Crippen molar-refractivity contribution in [2.45, 2.75) is 6.92 Å². The number of ether oxygens (including phenoxy) is 1. The molecule has 0 aliphatic heterocycles. The molecular formula is C15H14BrNO3. The van der Waals surface area contributed by atoms with E-state index < -0.39 is 0 Å². The maximum atomic E-state index is 12.2. The van der Waals surface area contributed by atoms with Gasteiger partial charge in [-0.15, -0.1) is 0 Å². The van der Waals surface area contributed by atoms with Gasteiger partial charge >= 0.3 is 0 Å². The first-order chi connectivity index (χ1) is 9.51. The smallest absolute Gasteiger partial charge is 0.259 e. The van der Waals surface area contributed by atoms with Crippen molar-refractivity contribution in [1.29, 1.82) is 0 Å². The first-order valence-corrected chi connectivity index (χ1v) is 6.75. The zero-order chi connectivity index (χ0) is 14.7. The molecule has 4 nitrogen and oxygen atoms in total. The van der Waals surface area contributed by atoms with Crippen LogP contribution in [0.1, 0.15) is 15.9 Å². The number of anilines is 1. The number of nitrogens with one attached hydrogen (secondary N) is 1. The Bertz CT molecular complexity index is 656. The van der Waals surface area contributed by atoms with E-state index in [4.69, 9.17) is 4.74 Å². The highest BCUT2D eigenvalue weighted by atomic mass is 79.9. The van der Waals surface area contributed by atoms with Crippen LogP contribution in [0.3, 0.4) is 0 Å². The fourth-order valence-corrected chi connectivity index (χ4v) is 2.08. The molecule has 0 aromatic heterocycles. The zero-order valence-electron chi connectivity index (χ0n) is 11.1. The predicted octanol–water partition coefficient (Wildman–Crippen LogP) is 3.72. The van der Waals surface area contributed by atoms with E-state index in [-0.39, 0.29) is 11.7 Å². The summed E-state index contributed by atoms with van der Waals surface area (Å²) < 4.78 is 6.02. The van der Waals surface area contributed by atoms with E-state index in [1.807, 2.05) is 0 Å². The standard InChI is InChI=1S/C15H14BrNO3/c1-9-3-5-11(8-13(9)18)17-15(19)12-6-4-10(16)7-14(12)20-2/h3-8,18H,1-2H3,(H,17,19). The van der Waals surface area contributed by atoms with Crippen LogP contribution in [0.25, 0.3) is 0 Å². The van der Waals surface area contributed by atoms with Gasteiger partial charge in [-0.2, -0.15) is 0 Å². The first kappa shape index (κ1) is 14.4. The van der Waals surface area contributed by atoms with Gasteiger partial charge in [-0.3, -0.25) is 4.79 Å². The second-order valence-electron chi connectivity index (χ2n) is 4.30. The molecule has 0 saturated heterocycles. The molecule has 2 aromatic carbocycles. The molecule has 0 atom stereocenters. The van der Waals surface area contributed by atoms with E-state index in [1.165, 1.54) is 13.2 Å². The quantitative estimate of drug-likeness (QED) is 0.898. The SMILES string of the molecule is COc1cc(Br)ccc1C(=O)Nc1ccc(C)c(O)c1. The van der Waals surface area contributed by atoms with Gasteiger partial charge in [-0.1, -0.05) is 22.0 Å². The molecule has 0 saturated carbocycles. The van der Waals surface area contributed by atoms with E-state index in [9.17, 15) is 9.90 Å². The van der Waals surface area contributed by atoms with Gasteiger partial charge in [0, 0.05) is 16.2 Å². The van der Waals surface area contributed by atoms with Crippen LogP contribution >= 0.6 is 15.9 Å². The molecule has 1 amide bonds. The van der Waals surface area contributed by atoms with Gasteiger partial charge in [-0.05, 0) is 36.8 Å². The number of phenolic OH excluding ortho intramolecular Hbond substituents is 1. The number of carbonyl (C=O) groups excluding carboxylic acids is 1. The summed E-state index contributed by atoms with van der Waals surface area (Å²) in [4.78, 5) is 12.2. The van der Waals surface area contributed by atoms with Crippen LogP contribution in [-0.2, 0) is 0 Å². The number of benzene rings is 2. The first-order valence-electron chi connectivity index (χ1n) is 5.96. The number of hydrogen-bond donors (Lipinski definition) is 2. The van der Waals surface area contributed by atoms with Crippen LogP contribution in [0.4, 0.5) is 5.69 Å². The minimum atomic E-state index is -0.294. The van der Waals surface area contributed by atoms with Gasteiger partial charge in [0.2, 0.25) is 0 Å². The molecule has 0 aliphatic rings. The fourth-order valence-electron chi connectivity index (χ4n) is 1.74. The molecule has 0 fully saturated rings. The molecule has 2 N–H and O–H groups in total. The highest BCUT2D eigenvalue weighted by Gasteiger charge is 2.13. The van der Waals surface area contributed by atoms with Gasteiger partial charge < -0.3 is 15.2 Å². The summed E-state index contributed by atoms with van der Waals surface area (Å²) in [6.45, 7) is 1.79. The topological polar surface area (TPSA) is 58.6 Å². The predicted molar refractivity (Wildman–Crippen MR) is 81.5 cm³/mol. The molecular weight excluding hydrogens is 322 g/mol. The molecule has 104 valence electrons. The van der Waals surface area contributed by atoms with Crippen molar-refractivity contribution < 1.29 is 14.6 Å². The maximum absolute atomic E-state index is 12.2. The summed E-state index contributed by atoms with van der Waals surface area (Å²) in [5.41, 5.74) is 1.71. The van der Waals surface area contributed by atoms with Crippen molar-refractivity contribution in [3.8, 4) is 11.5 Å². The third-order valence-electron chi connectivity index (χ3n) is 2.88. The Hall–Kier alpha value is -2.01. The summed E-state index contributed by atoms with van der Waals surface area (Å²) in [6, 6.07) is 10.2. The Labute approximate surface area is 125 Å². The summed E-state index contributed by atoms with van der Waals surface area (Å²) in [5, 5.41) is 12.4. The lowest BCUT2D eigenvalue weighted by molar-refractivity contribution is 0.102. The average Bonchev–Trinajstić information content (AvgIpc) is 2.42. The number of hydrogen-bond acceptors (Lipinski definition) is 3. The lowest BCUT2D eigenvalue weighted by atomic mass is 10.1. The van der Waals surface area contributed by atoms with Crippen LogP contribution in [0.5, 0.6) is 11.5 Å². The highest BCUT2D eigenvalue weighted by molar-refractivity contribution is 9.10. The largest absolute Gasteiger partial charge is 0.508 e. The Morgan fingerprint density at radius 3 is 2.65 bits per heavy atom. The molecule has 0 bridgehead atoms. The summed E-state index contributed by atoms with van der Waals surface area (Å²) in [5.74, 6) is 0.330. The van der Waals surface area contributed by atoms with Crippen molar-refractivity contribution in [3.63, 3.8) is 0 Å². The Morgan fingerprint density at radius 1 is 1.25 bits per heavy atom. The molecule has 5 heteroatoms. The van der Waals surface area contributed by atoms with Crippen molar-refractivity contribution in [2.75, 3.05) is 12.4 Å². The fraction of sp³-hybridized carbons (Fsp3) is 0.133. The number of amides is 1. The second-order valence-corrected chi connectivity index (χ2v) is 5.22. The Balaban J connectivity index is 2.25. The van der Waals surface area contributed by atoms with Crippen LogP contribution < -0.4 is 10.1 Å². The lowest BCUT2D eigenvalue weighted by Crippen LogP contribution is -2.13. The zero-order valence-corrected chi connectivity index (χ0v) is 12.7. The number of halogens is 1.